The van der Waals surface area contributed by atoms with E-state index < -0.39 is 14.2 Å². The SMILES string of the molecule is CCCCCCCCC1(CCCCCCCC)c2cc(B3O[B]O[B]O3)ccc2-c2ccc(-c3ccc4c(c3)C(CCCCCCCC)(CCCCCCCC)c3cc(B5O[B]O[B]O5)ccc3-4)cc21. The Morgan fingerprint density at radius 3 is 0.914 bits per heavy atom. The lowest BCUT2D eigenvalue weighted by atomic mass is 9.67. The van der Waals surface area contributed by atoms with E-state index in [1.54, 1.807) is 0 Å². The summed E-state index contributed by atoms with van der Waals surface area (Å²) in [5, 5.41) is 0. The maximum atomic E-state index is 5.90. The summed E-state index contributed by atoms with van der Waals surface area (Å²) in [5.41, 5.74) is 16.0. The molecule has 0 saturated carbocycles. The Morgan fingerprint density at radius 2 is 0.600 bits per heavy atom. The lowest BCUT2D eigenvalue weighted by Gasteiger charge is -2.34. The van der Waals surface area contributed by atoms with E-state index in [0.717, 1.165) is 36.6 Å². The van der Waals surface area contributed by atoms with Crippen LogP contribution in [0.15, 0.2) is 72.8 Å². The molecule has 0 unspecified atom stereocenters. The molecular weight excluding hydrogens is 858 g/mol. The van der Waals surface area contributed by atoms with E-state index in [-0.39, 0.29) is 10.8 Å². The average molecular weight is 938 g/mol. The highest BCUT2D eigenvalue weighted by atomic mass is 16.7. The third kappa shape index (κ3) is 12.7. The van der Waals surface area contributed by atoms with Gasteiger partial charge in [0.1, 0.15) is 0 Å². The van der Waals surface area contributed by atoms with Crippen LogP contribution in [0.4, 0.5) is 0 Å². The van der Waals surface area contributed by atoms with Crippen LogP contribution in [-0.4, -0.2) is 45.0 Å². The van der Waals surface area contributed by atoms with Crippen molar-refractivity contribution in [2.75, 3.05) is 0 Å². The second-order valence-electron chi connectivity index (χ2n) is 21.2. The first-order chi connectivity index (χ1) is 34.6. The molecule has 12 heteroatoms. The Kier molecular flexibility index (Phi) is 20.8. The zero-order valence-electron chi connectivity index (χ0n) is 43.6. The van der Waals surface area contributed by atoms with Crippen LogP contribution in [0.25, 0.3) is 33.4 Å². The van der Waals surface area contributed by atoms with Crippen LogP contribution in [0.2, 0.25) is 0 Å². The normalized spacial score (nSPS) is 16.2. The summed E-state index contributed by atoms with van der Waals surface area (Å²) in [6.45, 7) is 9.26. The van der Waals surface area contributed by atoms with Crippen molar-refractivity contribution in [2.24, 2.45) is 0 Å². The van der Waals surface area contributed by atoms with Gasteiger partial charge in [0.25, 0.3) is 0 Å². The van der Waals surface area contributed by atoms with Crippen molar-refractivity contribution in [2.45, 2.75) is 218 Å². The number of rotatable bonds is 31. The molecule has 2 fully saturated rings. The summed E-state index contributed by atoms with van der Waals surface area (Å²) in [4.78, 5) is 0. The maximum Gasteiger partial charge on any atom is 0.465 e. The van der Waals surface area contributed by atoms with Crippen molar-refractivity contribution >= 4 is 55.9 Å². The predicted octanol–water partition coefficient (Wildman–Crippen LogP) is 14.5. The largest absolute Gasteiger partial charge is 0.465 e. The van der Waals surface area contributed by atoms with Gasteiger partial charge >= 0.3 is 45.0 Å². The number of unbranched alkanes of at least 4 members (excludes halogenated alkanes) is 20. The fraction of sp³-hybridized carbons (Fsp3) is 0.586. The summed E-state index contributed by atoms with van der Waals surface area (Å²) in [7, 11) is 4.51. The van der Waals surface area contributed by atoms with Crippen LogP contribution in [-0.2, 0) is 38.3 Å². The standard InChI is InChI=1S/C58H80B6O6/c1-5-9-13-17-21-25-37-57(38-26-22-18-14-10-6-2)53-41-45(29-33-49(53)51-35-31-47(43-55(51)57)63-67-59-65-60-68-63)46-30-34-50-52-36-32-48(64-69-61-66-62-70-64)44-56(52)58(54(50)42-46,39-27-23-19-15-11-7-3)40-28-24-20-16-12-8-4/h29-36,41-44H,5-28,37-40H2,1-4H3. The fourth-order valence-corrected chi connectivity index (χ4v) is 12.6. The van der Waals surface area contributed by atoms with Crippen molar-refractivity contribution < 1.29 is 27.4 Å². The van der Waals surface area contributed by atoms with Gasteiger partial charge in [-0.05, 0) is 104 Å². The number of hydrogen-bond donors (Lipinski definition) is 0. The second-order valence-corrected chi connectivity index (χ2v) is 21.2. The first kappa shape index (κ1) is 53.3. The molecule has 4 radical (unpaired) electrons. The van der Waals surface area contributed by atoms with Crippen molar-refractivity contribution in [1.82, 2.24) is 0 Å². The molecule has 6 nitrogen and oxygen atoms in total. The lowest BCUT2D eigenvalue weighted by molar-refractivity contribution is 0.332. The van der Waals surface area contributed by atoms with Gasteiger partial charge in [-0.25, -0.2) is 0 Å². The number of fused-ring (bicyclic) bond motifs is 6. The van der Waals surface area contributed by atoms with Crippen molar-refractivity contribution in [1.29, 1.82) is 0 Å². The first-order valence-electron chi connectivity index (χ1n) is 28.4. The Bertz CT molecular complexity index is 2040. The summed E-state index contributed by atoms with van der Waals surface area (Å²) >= 11 is 0. The molecule has 0 aromatic heterocycles. The highest BCUT2D eigenvalue weighted by Gasteiger charge is 2.45. The molecule has 2 aliphatic heterocycles. The molecule has 0 amide bonds. The quantitative estimate of drug-likeness (QED) is 0.0370. The molecule has 366 valence electrons. The minimum atomic E-state index is -0.521. The zero-order chi connectivity index (χ0) is 48.4. The van der Waals surface area contributed by atoms with E-state index in [9.17, 15) is 0 Å². The molecule has 70 heavy (non-hydrogen) atoms. The molecule has 4 aromatic carbocycles. The minimum absolute atomic E-state index is 0.101. The number of hydrogen-bond acceptors (Lipinski definition) is 6. The zero-order valence-corrected chi connectivity index (χ0v) is 43.6. The van der Waals surface area contributed by atoms with E-state index >= 15 is 0 Å². The van der Waals surface area contributed by atoms with Crippen LogP contribution in [0.3, 0.4) is 0 Å². The van der Waals surface area contributed by atoms with Crippen molar-refractivity contribution in [3.05, 3.63) is 95.1 Å². The van der Waals surface area contributed by atoms with Crippen molar-refractivity contribution in [3.63, 3.8) is 0 Å². The average Bonchev–Trinajstić information content (AvgIpc) is 3.83. The smallest absolute Gasteiger partial charge is 0.457 e. The van der Waals surface area contributed by atoms with Gasteiger partial charge in [0.05, 0.1) is 0 Å². The molecule has 0 bridgehead atoms. The van der Waals surface area contributed by atoms with Crippen molar-refractivity contribution in [3.8, 4) is 33.4 Å². The molecule has 4 aromatic rings. The first-order valence-corrected chi connectivity index (χ1v) is 28.4. The summed E-state index contributed by atoms with van der Waals surface area (Å²) in [5.74, 6) is 0. The monoisotopic (exact) mass is 939 g/mol. The molecule has 2 aliphatic carbocycles. The van der Waals surface area contributed by atoms with E-state index in [4.69, 9.17) is 27.4 Å². The Labute approximate surface area is 428 Å². The number of benzene rings is 4. The van der Waals surface area contributed by atoms with Gasteiger partial charge in [0.2, 0.25) is 0 Å². The Morgan fingerprint density at radius 1 is 0.329 bits per heavy atom. The molecule has 4 aliphatic rings. The van der Waals surface area contributed by atoms with Gasteiger partial charge in [0.15, 0.2) is 0 Å². The van der Waals surface area contributed by atoms with Crippen LogP contribution in [0, 0.1) is 0 Å². The topological polar surface area (TPSA) is 55.4 Å². The van der Waals surface area contributed by atoms with Gasteiger partial charge in [-0.1, -0.05) is 242 Å². The van der Waals surface area contributed by atoms with Gasteiger partial charge in [-0.15, -0.1) is 0 Å². The Balaban J connectivity index is 1.20. The minimum Gasteiger partial charge on any atom is -0.457 e. The highest BCUT2D eigenvalue weighted by Crippen LogP contribution is 2.57. The molecule has 8 rings (SSSR count). The molecular formula is C58H80B6O6. The van der Waals surface area contributed by atoms with Gasteiger partial charge in [0, 0.05) is 10.8 Å². The van der Waals surface area contributed by atoms with Crippen LogP contribution in [0.5, 0.6) is 0 Å². The molecule has 0 spiro atoms. The van der Waals surface area contributed by atoms with Crippen LogP contribution in [0.1, 0.15) is 230 Å². The fourth-order valence-electron chi connectivity index (χ4n) is 12.6. The van der Waals surface area contributed by atoms with Gasteiger partial charge in [-0.3, -0.25) is 0 Å². The third-order valence-corrected chi connectivity index (χ3v) is 16.4. The highest BCUT2D eigenvalue weighted by molar-refractivity contribution is 6.72. The van der Waals surface area contributed by atoms with E-state index in [1.165, 1.54) is 240 Å². The molecule has 0 atom stereocenters. The molecule has 2 saturated heterocycles. The summed E-state index contributed by atoms with van der Waals surface area (Å²) in [6.07, 6.45) is 35.4. The second kappa shape index (κ2) is 27.4. The van der Waals surface area contributed by atoms with Gasteiger partial charge < -0.3 is 27.4 Å². The summed E-state index contributed by atoms with van der Waals surface area (Å²) < 4.78 is 34.0. The van der Waals surface area contributed by atoms with E-state index in [2.05, 4.69) is 100 Å². The lowest BCUT2D eigenvalue weighted by Crippen LogP contribution is -2.44. The van der Waals surface area contributed by atoms with E-state index in [0.29, 0.717) is 0 Å². The summed E-state index contributed by atoms with van der Waals surface area (Å²) in [6, 6.07) is 29.0. The Hall–Kier alpha value is -2.97. The van der Waals surface area contributed by atoms with E-state index in [1.807, 2.05) is 0 Å². The van der Waals surface area contributed by atoms with Gasteiger partial charge in [-0.2, -0.15) is 0 Å². The maximum absolute atomic E-state index is 5.90. The van der Waals surface area contributed by atoms with Crippen LogP contribution < -0.4 is 10.9 Å². The third-order valence-electron chi connectivity index (χ3n) is 16.4. The molecule has 0 N–H and O–H groups in total. The molecule has 2 heterocycles. The van der Waals surface area contributed by atoms with Crippen LogP contribution >= 0.6 is 0 Å². The predicted molar refractivity (Wildman–Crippen MR) is 297 cm³/mol.